The molecule has 5 heteroatoms. The molecule has 0 bridgehead atoms. The summed E-state index contributed by atoms with van der Waals surface area (Å²) in [6.45, 7) is 4.00. The highest BCUT2D eigenvalue weighted by molar-refractivity contribution is 5.83. The summed E-state index contributed by atoms with van der Waals surface area (Å²) < 4.78 is 0. The smallest absolute Gasteiger partial charge is 0.330 e. The van der Waals surface area contributed by atoms with Gasteiger partial charge >= 0.3 is 12.0 Å². The van der Waals surface area contributed by atoms with Crippen molar-refractivity contribution >= 4 is 12.0 Å². The minimum absolute atomic E-state index is 0.0279. The van der Waals surface area contributed by atoms with Crippen LogP contribution in [0.1, 0.15) is 44.7 Å². The molecule has 0 fully saturated rings. The van der Waals surface area contributed by atoms with Crippen molar-refractivity contribution in [2.75, 3.05) is 0 Å². The molecule has 1 aromatic rings. The molecule has 2 amide bonds. The number of carbonyl (C=O) groups excluding carboxylic acids is 1. The molecule has 2 unspecified atom stereocenters. The van der Waals surface area contributed by atoms with Crippen LogP contribution in [0.15, 0.2) is 30.3 Å². The number of hydrogen-bond donors (Lipinski definition) is 3. The number of amides is 2. The highest BCUT2D eigenvalue weighted by Crippen LogP contribution is 2.12. The summed E-state index contributed by atoms with van der Waals surface area (Å²) in [7, 11) is 0. The molecule has 1 rings (SSSR count). The fourth-order valence-corrected chi connectivity index (χ4v) is 1.91. The fraction of sp³-hybridized carbons (Fsp3) is 0.467. The summed E-state index contributed by atoms with van der Waals surface area (Å²) in [6, 6.07) is 7.19. The predicted octanol–water partition coefficient (Wildman–Crippen LogP) is 2.69. The van der Waals surface area contributed by atoms with Crippen molar-refractivity contribution in [3.05, 3.63) is 35.9 Å². The van der Waals surface area contributed by atoms with Crippen molar-refractivity contribution in [2.45, 2.75) is 45.2 Å². The number of carbonyl (C=O) groups is 2. The Labute approximate surface area is 119 Å². The third kappa shape index (κ3) is 5.30. The number of hydrogen-bond acceptors (Lipinski definition) is 2. The molecule has 0 aliphatic heterocycles. The molecule has 0 spiro atoms. The number of benzene rings is 1. The minimum Gasteiger partial charge on any atom is -0.479 e. The zero-order chi connectivity index (χ0) is 15.0. The number of nitrogens with one attached hydrogen (secondary N) is 2. The summed E-state index contributed by atoms with van der Waals surface area (Å²) in [6.07, 6.45) is 2.98. The second-order valence-electron chi connectivity index (χ2n) is 4.84. The van der Waals surface area contributed by atoms with Gasteiger partial charge in [-0.1, -0.05) is 50.1 Å². The van der Waals surface area contributed by atoms with Crippen LogP contribution in [-0.2, 0) is 4.79 Å². The van der Waals surface area contributed by atoms with E-state index in [1.165, 1.54) is 0 Å². The minimum atomic E-state index is -1.08. The highest BCUT2D eigenvalue weighted by Gasteiger charge is 2.22. The molecule has 110 valence electrons. The SMILES string of the molecule is CCCCC(C)NC(=O)NC(C(=O)O)c1ccccc1. The lowest BCUT2D eigenvalue weighted by atomic mass is 10.1. The van der Waals surface area contributed by atoms with Crippen LogP contribution >= 0.6 is 0 Å². The van der Waals surface area contributed by atoms with E-state index >= 15 is 0 Å². The molecule has 0 radical (unpaired) electrons. The largest absolute Gasteiger partial charge is 0.479 e. The molecular formula is C15H22N2O3. The first-order chi connectivity index (χ1) is 9.54. The molecule has 3 N–H and O–H groups in total. The Morgan fingerprint density at radius 3 is 2.40 bits per heavy atom. The maximum absolute atomic E-state index is 11.8. The number of rotatable bonds is 7. The quantitative estimate of drug-likeness (QED) is 0.717. The summed E-state index contributed by atoms with van der Waals surface area (Å²) in [5, 5.41) is 14.5. The average molecular weight is 278 g/mol. The molecular weight excluding hydrogens is 256 g/mol. The Morgan fingerprint density at radius 1 is 1.20 bits per heavy atom. The van der Waals surface area contributed by atoms with Crippen molar-refractivity contribution in [3.8, 4) is 0 Å². The average Bonchev–Trinajstić information content (AvgIpc) is 2.43. The summed E-state index contributed by atoms with van der Waals surface area (Å²) in [4.78, 5) is 23.1. The van der Waals surface area contributed by atoms with Gasteiger partial charge in [0.2, 0.25) is 0 Å². The molecule has 0 saturated heterocycles. The van der Waals surface area contributed by atoms with Gasteiger partial charge in [-0.3, -0.25) is 0 Å². The van der Waals surface area contributed by atoms with Crippen LogP contribution in [0, 0.1) is 0 Å². The Bertz CT molecular complexity index is 434. The molecule has 0 heterocycles. The van der Waals surface area contributed by atoms with Crippen molar-refractivity contribution in [2.24, 2.45) is 0 Å². The van der Waals surface area contributed by atoms with Crippen LogP contribution in [0.3, 0.4) is 0 Å². The standard InChI is InChI=1S/C15H22N2O3/c1-3-4-8-11(2)16-15(20)17-13(14(18)19)12-9-6-5-7-10-12/h5-7,9-11,13H,3-4,8H2,1-2H3,(H,18,19)(H2,16,17,20). The topological polar surface area (TPSA) is 78.4 Å². The normalized spacial score (nSPS) is 13.3. The van der Waals surface area contributed by atoms with E-state index in [0.29, 0.717) is 5.56 Å². The zero-order valence-electron chi connectivity index (χ0n) is 11.9. The molecule has 5 nitrogen and oxygen atoms in total. The van der Waals surface area contributed by atoms with Crippen LogP contribution in [0.5, 0.6) is 0 Å². The van der Waals surface area contributed by atoms with Gasteiger partial charge in [0.15, 0.2) is 6.04 Å². The van der Waals surface area contributed by atoms with E-state index in [0.717, 1.165) is 19.3 Å². The molecule has 1 aromatic carbocycles. The van der Waals surface area contributed by atoms with E-state index in [-0.39, 0.29) is 6.04 Å². The lowest BCUT2D eigenvalue weighted by Crippen LogP contribution is -2.44. The summed E-state index contributed by atoms with van der Waals surface area (Å²) in [5.41, 5.74) is 0.552. The van der Waals surface area contributed by atoms with Crippen LogP contribution in [0.4, 0.5) is 4.79 Å². The van der Waals surface area contributed by atoms with E-state index in [1.807, 2.05) is 6.92 Å². The van der Waals surface area contributed by atoms with Crippen LogP contribution in [-0.4, -0.2) is 23.1 Å². The van der Waals surface area contributed by atoms with Crippen molar-refractivity contribution in [1.82, 2.24) is 10.6 Å². The third-order valence-corrected chi connectivity index (χ3v) is 3.02. The zero-order valence-corrected chi connectivity index (χ0v) is 11.9. The Morgan fingerprint density at radius 2 is 1.85 bits per heavy atom. The van der Waals surface area contributed by atoms with E-state index in [1.54, 1.807) is 30.3 Å². The Balaban J connectivity index is 2.59. The van der Waals surface area contributed by atoms with E-state index in [2.05, 4.69) is 17.6 Å². The Kier molecular flexibility index (Phi) is 6.56. The van der Waals surface area contributed by atoms with Crippen molar-refractivity contribution in [1.29, 1.82) is 0 Å². The summed E-state index contributed by atoms with van der Waals surface area (Å²) in [5.74, 6) is -1.08. The van der Waals surface area contributed by atoms with Crippen LogP contribution < -0.4 is 10.6 Å². The number of carboxylic acids is 1. The van der Waals surface area contributed by atoms with E-state index in [4.69, 9.17) is 0 Å². The van der Waals surface area contributed by atoms with Gasteiger partial charge < -0.3 is 15.7 Å². The molecule has 0 aliphatic carbocycles. The van der Waals surface area contributed by atoms with Crippen LogP contribution in [0.25, 0.3) is 0 Å². The fourth-order valence-electron chi connectivity index (χ4n) is 1.91. The van der Waals surface area contributed by atoms with Gasteiger partial charge in [-0.25, -0.2) is 9.59 Å². The first-order valence-corrected chi connectivity index (χ1v) is 6.89. The highest BCUT2D eigenvalue weighted by atomic mass is 16.4. The van der Waals surface area contributed by atoms with Gasteiger partial charge in [-0.05, 0) is 18.9 Å². The van der Waals surface area contributed by atoms with Crippen LogP contribution in [0.2, 0.25) is 0 Å². The first kappa shape index (κ1) is 16.0. The molecule has 0 aliphatic rings. The maximum atomic E-state index is 11.8. The molecule has 2 atom stereocenters. The first-order valence-electron chi connectivity index (χ1n) is 6.89. The number of aliphatic carboxylic acids is 1. The Hall–Kier alpha value is -2.04. The van der Waals surface area contributed by atoms with E-state index in [9.17, 15) is 14.7 Å². The van der Waals surface area contributed by atoms with Gasteiger partial charge in [0.05, 0.1) is 0 Å². The monoisotopic (exact) mass is 278 g/mol. The van der Waals surface area contributed by atoms with Gasteiger partial charge in [-0.15, -0.1) is 0 Å². The summed E-state index contributed by atoms with van der Waals surface area (Å²) >= 11 is 0. The predicted molar refractivity (Wildman–Crippen MR) is 77.5 cm³/mol. The lowest BCUT2D eigenvalue weighted by Gasteiger charge is -2.18. The number of carboxylic acid groups (broad SMARTS) is 1. The van der Waals surface area contributed by atoms with Gasteiger partial charge in [0.1, 0.15) is 0 Å². The molecule has 0 aromatic heterocycles. The van der Waals surface area contributed by atoms with Gasteiger partial charge in [0, 0.05) is 6.04 Å². The second-order valence-corrected chi connectivity index (χ2v) is 4.84. The maximum Gasteiger partial charge on any atom is 0.330 e. The van der Waals surface area contributed by atoms with Crippen molar-refractivity contribution < 1.29 is 14.7 Å². The third-order valence-electron chi connectivity index (χ3n) is 3.02. The van der Waals surface area contributed by atoms with Crippen molar-refractivity contribution in [3.63, 3.8) is 0 Å². The molecule has 20 heavy (non-hydrogen) atoms. The van der Waals surface area contributed by atoms with E-state index < -0.39 is 18.0 Å². The second kappa shape index (κ2) is 8.19. The van der Waals surface area contributed by atoms with Gasteiger partial charge in [-0.2, -0.15) is 0 Å². The number of urea groups is 1. The lowest BCUT2D eigenvalue weighted by molar-refractivity contribution is -0.139. The number of unbranched alkanes of at least 4 members (excludes halogenated alkanes) is 1. The molecule has 0 saturated carbocycles. The van der Waals surface area contributed by atoms with Gasteiger partial charge in [0.25, 0.3) is 0 Å².